The third kappa shape index (κ3) is 1.60. The van der Waals surface area contributed by atoms with Crippen LogP contribution in [-0.4, -0.2) is 6.03 Å². The molecule has 2 N–H and O–H groups in total. The van der Waals surface area contributed by atoms with Gasteiger partial charge >= 0.3 is 6.03 Å². The first-order chi connectivity index (χ1) is 4.29. The highest BCUT2D eigenvalue weighted by Crippen LogP contribution is 1.89. The highest BCUT2D eigenvalue weighted by Gasteiger charge is 1.97. The van der Waals surface area contributed by atoms with Crippen LogP contribution in [0.25, 0.3) is 0 Å². The zero-order valence-electron chi connectivity index (χ0n) is 5.14. The van der Waals surface area contributed by atoms with Crippen LogP contribution in [0.1, 0.15) is 6.92 Å². The van der Waals surface area contributed by atoms with E-state index in [1.165, 1.54) is 0 Å². The standard InChI is InChI=1S/C6H8N2O/c1-5-3-2-4-7-6(9)8-5/h2-4H,1H3,(H2,7,8,9). The van der Waals surface area contributed by atoms with Gasteiger partial charge in [0.2, 0.25) is 0 Å². The fourth-order valence-electron chi connectivity index (χ4n) is 0.573. The summed E-state index contributed by atoms with van der Waals surface area (Å²) in [6, 6.07) is -0.183. The van der Waals surface area contributed by atoms with E-state index in [9.17, 15) is 4.79 Å². The number of rotatable bonds is 0. The van der Waals surface area contributed by atoms with Crippen molar-refractivity contribution in [3.63, 3.8) is 0 Å². The van der Waals surface area contributed by atoms with E-state index in [0.717, 1.165) is 5.70 Å². The number of hydrogen-bond donors (Lipinski definition) is 2. The molecule has 1 rings (SSSR count). The molecule has 0 saturated heterocycles. The average molecular weight is 124 g/mol. The maximum absolute atomic E-state index is 10.6. The molecule has 0 aliphatic carbocycles. The second-order valence-electron chi connectivity index (χ2n) is 1.81. The van der Waals surface area contributed by atoms with Crippen LogP contribution in [0.5, 0.6) is 0 Å². The van der Waals surface area contributed by atoms with E-state index in [1.54, 1.807) is 12.3 Å². The molecule has 0 spiro atoms. The lowest BCUT2D eigenvalue weighted by molar-refractivity contribution is 0.246. The number of urea groups is 1. The minimum atomic E-state index is -0.183. The molecule has 0 aromatic heterocycles. The molecule has 0 aromatic carbocycles. The van der Waals surface area contributed by atoms with Gasteiger partial charge in [0.05, 0.1) is 0 Å². The van der Waals surface area contributed by atoms with E-state index < -0.39 is 0 Å². The predicted molar refractivity (Wildman–Crippen MR) is 34.6 cm³/mol. The van der Waals surface area contributed by atoms with Gasteiger partial charge in [-0.1, -0.05) is 0 Å². The maximum atomic E-state index is 10.6. The van der Waals surface area contributed by atoms with E-state index >= 15 is 0 Å². The highest BCUT2D eigenvalue weighted by molar-refractivity contribution is 5.77. The minimum Gasteiger partial charge on any atom is -0.314 e. The van der Waals surface area contributed by atoms with Crippen LogP contribution >= 0.6 is 0 Å². The van der Waals surface area contributed by atoms with Gasteiger partial charge in [0.15, 0.2) is 0 Å². The molecular weight excluding hydrogens is 116 g/mol. The van der Waals surface area contributed by atoms with Crippen molar-refractivity contribution in [2.45, 2.75) is 6.92 Å². The van der Waals surface area contributed by atoms with Gasteiger partial charge in [0.25, 0.3) is 0 Å². The molecule has 1 aliphatic rings. The third-order valence-electron chi connectivity index (χ3n) is 0.968. The smallest absolute Gasteiger partial charge is 0.314 e. The first-order valence-corrected chi connectivity index (χ1v) is 2.70. The lowest BCUT2D eigenvalue weighted by Gasteiger charge is -1.98. The van der Waals surface area contributed by atoms with Crippen molar-refractivity contribution in [1.29, 1.82) is 0 Å². The van der Waals surface area contributed by atoms with Crippen LogP contribution < -0.4 is 10.6 Å². The summed E-state index contributed by atoms with van der Waals surface area (Å²) in [6.45, 7) is 1.83. The third-order valence-corrected chi connectivity index (χ3v) is 0.968. The van der Waals surface area contributed by atoms with Gasteiger partial charge in [0.1, 0.15) is 0 Å². The summed E-state index contributed by atoms with van der Waals surface area (Å²) in [5.41, 5.74) is 0.848. The molecule has 48 valence electrons. The van der Waals surface area contributed by atoms with Gasteiger partial charge in [-0.05, 0) is 19.1 Å². The molecule has 9 heavy (non-hydrogen) atoms. The Morgan fingerprint density at radius 3 is 3.11 bits per heavy atom. The van der Waals surface area contributed by atoms with Gasteiger partial charge in [-0.15, -0.1) is 0 Å². The van der Waals surface area contributed by atoms with Crippen LogP contribution in [0.2, 0.25) is 0 Å². The van der Waals surface area contributed by atoms with Crippen molar-refractivity contribution in [2.75, 3.05) is 0 Å². The summed E-state index contributed by atoms with van der Waals surface area (Å²) < 4.78 is 0. The molecule has 3 heteroatoms. The SMILES string of the molecule is CC1=CC=CNC(=O)N1. The molecular formula is C6H8N2O. The average Bonchev–Trinajstić information content (AvgIpc) is 1.93. The summed E-state index contributed by atoms with van der Waals surface area (Å²) in [5, 5.41) is 5.08. The Hall–Kier alpha value is -1.25. The van der Waals surface area contributed by atoms with Gasteiger partial charge in [-0.3, -0.25) is 0 Å². The molecule has 0 saturated carbocycles. The van der Waals surface area contributed by atoms with E-state index in [-0.39, 0.29) is 6.03 Å². The largest absolute Gasteiger partial charge is 0.322 e. The van der Waals surface area contributed by atoms with Gasteiger partial charge in [-0.2, -0.15) is 0 Å². The van der Waals surface area contributed by atoms with Crippen LogP contribution in [0.3, 0.4) is 0 Å². The summed E-state index contributed by atoms with van der Waals surface area (Å²) >= 11 is 0. The Morgan fingerprint density at radius 2 is 2.33 bits per heavy atom. The first-order valence-electron chi connectivity index (χ1n) is 2.70. The number of carbonyl (C=O) groups excluding carboxylic acids is 1. The van der Waals surface area contributed by atoms with E-state index in [4.69, 9.17) is 0 Å². The zero-order chi connectivity index (χ0) is 6.69. The first kappa shape index (κ1) is 5.88. The molecule has 1 heterocycles. The van der Waals surface area contributed by atoms with Crippen molar-refractivity contribution >= 4 is 6.03 Å². The monoisotopic (exact) mass is 124 g/mol. The summed E-state index contributed by atoms with van der Waals surface area (Å²) in [4.78, 5) is 10.6. The minimum absolute atomic E-state index is 0.183. The van der Waals surface area contributed by atoms with Crippen molar-refractivity contribution in [1.82, 2.24) is 10.6 Å². The fraction of sp³-hybridized carbons (Fsp3) is 0.167. The molecule has 0 fully saturated rings. The number of carbonyl (C=O) groups is 1. The van der Waals surface area contributed by atoms with Crippen LogP contribution in [0.4, 0.5) is 4.79 Å². The topological polar surface area (TPSA) is 41.1 Å². The Balaban J connectivity index is 2.69. The van der Waals surface area contributed by atoms with E-state index in [1.807, 2.05) is 13.0 Å². The lowest BCUT2D eigenvalue weighted by atomic mass is 10.4. The van der Waals surface area contributed by atoms with E-state index in [0.29, 0.717) is 0 Å². The van der Waals surface area contributed by atoms with Gasteiger partial charge < -0.3 is 10.6 Å². The van der Waals surface area contributed by atoms with Crippen molar-refractivity contribution < 1.29 is 4.79 Å². The number of allylic oxidation sites excluding steroid dienone is 3. The van der Waals surface area contributed by atoms with Crippen molar-refractivity contribution in [2.24, 2.45) is 0 Å². The molecule has 2 amide bonds. The quantitative estimate of drug-likeness (QED) is 0.490. The molecule has 1 aliphatic heterocycles. The zero-order valence-corrected chi connectivity index (χ0v) is 5.14. The number of hydrogen-bond acceptors (Lipinski definition) is 1. The highest BCUT2D eigenvalue weighted by atomic mass is 16.2. The lowest BCUT2D eigenvalue weighted by Crippen LogP contribution is -2.29. The van der Waals surface area contributed by atoms with E-state index in [2.05, 4.69) is 10.6 Å². The number of amides is 2. The Labute approximate surface area is 53.4 Å². The van der Waals surface area contributed by atoms with Crippen molar-refractivity contribution in [3.8, 4) is 0 Å². The Bertz CT molecular complexity index is 181. The fourth-order valence-corrected chi connectivity index (χ4v) is 0.573. The predicted octanol–water partition coefficient (Wildman–Crippen LogP) is 0.717. The van der Waals surface area contributed by atoms with Crippen LogP contribution in [-0.2, 0) is 0 Å². The molecule has 0 atom stereocenters. The van der Waals surface area contributed by atoms with Gasteiger partial charge in [0, 0.05) is 11.9 Å². The molecule has 0 radical (unpaired) electrons. The summed E-state index contributed by atoms with van der Waals surface area (Å²) in [7, 11) is 0. The normalized spacial score (nSPS) is 17.4. The molecule has 0 bridgehead atoms. The summed E-state index contributed by atoms with van der Waals surface area (Å²) in [5.74, 6) is 0. The molecule has 0 aromatic rings. The molecule has 0 unspecified atom stereocenters. The van der Waals surface area contributed by atoms with Crippen molar-refractivity contribution in [3.05, 3.63) is 24.0 Å². The van der Waals surface area contributed by atoms with Crippen LogP contribution in [0.15, 0.2) is 24.0 Å². The van der Waals surface area contributed by atoms with Gasteiger partial charge in [-0.25, -0.2) is 4.79 Å². The number of nitrogens with one attached hydrogen (secondary N) is 2. The maximum Gasteiger partial charge on any atom is 0.322 e. The Kier molecular flexibility index (Phi) is 1.53. The second-order valence-corrected chi connectivity index (χ2v) is 1.81. The second kappa shape index (κ2) is 2.35. The molecule has 3 nitrogen and oxygen atoms in total. The summed E-state index contributed by atoms with van der Waals surface area (Å²) in [6.07, 6.45) is 5.18. The van der Waals surface area contributed by atoms with Crippen LogP contribution in [0, 0.1) is 0 Å². The Morgan fingerprint density at radius 1 is 1.56 bits per heavy atom.